The average Bonchev–Trinajstić information content (AvgIpc) is 1.88. The summed E-state index contributed by atoms with van der Waals surface area (Å²) in [5.41, 5.74) is 10.4. The normalized spacial score (nSPS) is 13.0. The Balaban J connectivity index is 3.21. The first-order valence-electron chi connectivity index (χ1n) is 2.94. The maximum atomic E-state index is 10.1. The maximum Gasteiger partial charge on any atom is 0.321 e. The molecule has 5 heteroatoms. The van der Waals surface area contributed by atoms with E-state index in [0.717, 1.165) is 5.75 Å². The third-order valence-electron chi connectivity index (χ3n) is 0.877. The van der Waals surface area contributed by atoms with Crippen LogP contribution in [0.15, 0.2) is 0 Å². The molecular weight excluding hydrogens is 152 g/mol. The molecule has 0 aromatic rings. The lowest BCUT2D eigenvalue weighted by Crippen LogP contribution is -2.32. The van der Waals surface area contributed by atoms with Crippen LogP contribution in [-0.4, -0.2) is 35.2 Å². The Labute approximate surface area is 64.0 Å². The van der Waals surface area contributed by atoms with Gasteiger partial charge >= 0.3 is 5.97 Å². The molecule has 0 heterocycles. The second kappa shape index (κ2) is 5.52. The predicted molar refractivity (Wildman–Crippen MR) is 42.0 cm³/mol. The van der Waals surface area contributed by atoms with Gasteiger partial charge in [0.1, 0.15) is 6.04 Å². The van der Waals surface area contributed by atoms with Gasteiger partial charge in [0.05, 0.1) is 0 Å². The van der Waals surface area contributed by atoms with Gasteiger partial charge in [-0.05, 0) is 0 Å². The maximum absolute atomic E-state index is 10.1. The number of carboxylic acid groups (broad SMARTS) is 1. The molecule has 0 saturated carbocycles. The molecule has 4 nitrogen and oxygen atoms in total. The summed E-state index contributed by atoms with van der Waals surface area (Å²) >= 11 is 1.46. The van der Waals surface area contributed by atoms with E-state index in [2.05, 4.69) is 0 Å². The third kappa shape index (κ3) is 4.60. The topological polar surface area (TPSA) is 89.3 Å². The van der Waals surface area contributed by atoms with E-state index in [4.69, 9.17) is 16.6 Å². The fourth-order valence-corrected chi connectivity index (χ4v) is 1.09. The minimum Gasteiger partial charge on any atom is -0.480 e. The molecule has 0 bridgehead atoms. The summed E-state index contributed by atoms with van der Waals surface area (Å²) < 4.78 is 0. The van der Waals surface area contributed by atoms with E-state index < -0.39 is 12.0 Å². The van der Waals surface area contributed by atoms with Crippen molar-refractivity contribution in [2.45, 2.75) is 6.04 Å². The standard InChI is InChI=1S/C5H12N2O2S/c6-1-2-10-3-4(7)5(8)9/h4H,1-3,6-7H2,(H,8,9)/t4-/m1/s1. The number of aliphatic carboxylic acids is 1. The Morgan fingerprint density at radius 3 is 2.70 bits per heavy atom. The Kier molecular flexibility index (Phi) is 5.38. The Bertz CT molecular complexity index is 110. The fourth-order valence-electron chi connectivity index (χ4n) is 0.365. The quantitative estimate of drug-likeness (QED) is 0.458. The lowest BCUT2D eigenvalue weighted by molar-refractivity contribution is -0.137. The predicted octanol–water partition coefficient (Wildman–Crippen LogP) is -0.910. The number of rotatable bonds is 5. The molecule has 1 atom stereocenters. The summed E-state index contributed by atoms with van der Waals surface area (Å²) in [5, 5.41) is 8.31. The van der Waals surface area contributed by atoms with Crippen LogP contribution in [0.4, 0.5) is 0 Å². The van der Waals surface area contributed by atoms with E-state index in [1.54, 1.807) is 0 Å². The molecule has 60 valence electrons. The number of thioether (sulfide) groups is 1. The molecule has 0 rings (SSSR count). The molecule has 0 aliphatic carbocycles. The Hall–Kier alpha value is -0.260. The van der Waals surface area contributed by atoms with Gasteiger partial charge in [0.2, 0.25) is 0 Å². The van der Waals surface area contributed by atoms with Crippen molar-refractivity contribution in [1.29, 1.82) is 0 Å². The molecule has 0 unspecified atom stereocenters. The first kappa shape index (κ1) is 9.74. The summed E-state index contributed by atoms with van der Waals surface area (Å²) in [6, 6.07) is -0.753. The summed E-state index contributed by atoms with van der Waals surface area (Å²) in [4.78, 5) is 10.1. The minimum absolute atomic E-state index is 0.437. The first-order valence-corrected chi connectivity index (χ1v) is 4.10. The van der Waals surface area contributed by atoms with E-state index in [9.17, 15) is 4.79 Å². The monoisotopic (exact) mass is 164 g/mol. The number of nitrogens with two attached hydrogens (primary N) is 2. The lowest BCUT2D eigenvalue weighted by atomic mass is 10.4. The number of carbonyl (C=O) groups is 1. The highest BCUT2D eigenvalue weighted by atomic mass is 32.2. The summed E-state index contributed by atoms with van der Waals surface area (Å²) in [7, 11) is 0. The average molecular weight is 164 g/mol. The van der Waals surface area contributed by atoms with Crippen LogP contribution >= 0.6 is 11.8 Å². The minimum atomic E-state index is -0.954. The zero-order valence-electron chi connectivity index (χ0n) is 5.62. The van der Waals surface area contributed by atoms with E-state index >= 15 is 0 Å². The molecular formula is C5H12N2O2S. The fraction of sp³-hybridized carbons (Fsp3) is 0.800. The molecule has 0 amide bonds. The number of hydrogen-bond acceptors (Lipinski definition) is 4. The highest BCUT2D eigenvalue weighted by molar-refractivity contribution is 7.99. The molecule has 0 aromatic heterocycles. The van der Waals surface area contributed by atoms with Gasteiger partial charge < -0.3 is 16.6 Å². The van der Waals surface area contributed by atoms with Crippen LogP contribution in [-0.2, 0) is 4.79 Å². The molecule has 0 fully saturated rings. The Morgan fingerprint density at radius 2 is 2.30 bits per heavy atom. The van der Waals surface area contributed by atoms with Crippen molar-refractivity contribution in [3.8, 4) is 0 Å². The van der Waals surface area contributed by atoms with Crippen molar-refractivity contribution >= 4 is 17.7 Å². The second-order valence-corrected chi connectivity index (χ2v) is 2.96. The van der Waals surface area contributed by atoms with E-state index in [-0.39, 0.29) is 0 Å². The first-order chi connectivity index (χ1) is 4.68. The van der Waals surface area contributed by atoms with Crippen molar-refractivity contribution in [2.24, 2.45) is 11.5 Å². The van der Waals surface area contributed by atoms with Crippen LogP contribution in [0.25, 0.3) is 0 Å². The molecule has 10 heavy (non-hydrogen) atoms. The van der Waals surface area contributed by atoms with E-state index in [0.29, 0.717) is 12.3 Å². The van der Waals surface area contributed by atoms with Crippen LogP contribution in [0.3, 0.4) is 0 Å². The second-order valence-electron chi connectivity index (χ2n) is 1.81. The third-order valence-corrected chi connectivity index (χ3v) is 2.00. The zero-order chi connectivity index (χ0) is 7.98. The van der Waals surface area contributed by atoms with E-state index in [1.807, 2.05) is 0 Å². The van der Waals surface area contributed by atoms with Crippen LogP contribution < -0.4 is 11.5 Å². The highest BCUT2D eigenvalue weighted by Crippen LogP contribution is 1.99. The largest absolute Gasteiger partial charge is 0.480 e. The van der Waals surface area contributed by atoms with Crippen LogP contribution in [0.1, 0.15) is 0 Å². The van der Waals surface area contributed by atoms with E-state index in [1.165, 1.54) is 11.8 Å². The summed E-state index contributed by atoms with van der Waals surface area (Å²) in [6.45, 7) is 0.566. The van der Waals surface area contributed by atoms with Gasteiger partial charge in [-0.15, -0.1) is 0 Å². The van der Waals surface area contributed by atoms with Gasteiger partial charge in [0.15, 0.2) is 0 Å². The van der Waals surface area contributed by atoms with Crippen molar-refractivity contribution in [3.63, 3.8) is 0 Å². The zero-order valence-corrected chi connectivity index (χ0v) is 6.43. The summed E-state index contributed by atoms with van der Waals surface area (Å²) in [6.07, 6.45) is 0. The van der Waals surface area contributed by atoms with Crippen molar-refractivity contribution in [1.82, 2.24) is 0 Å². The molecule has 0 spiro atoms. The van der Waals surface area contributed by atoms with Crippen LogP contribution in [0.2, 0.25) is 0 Å². The lowest BCUT2D eigenvalue weighted by Gasteiger charge is -2.03. The van der Waals surface area contributed by atoms with Crippen molar-refractivity contribution in [2.75, 3.05) is 18.1 Å². The van der Waals surface area contributed by atoms with Crippen molar-refractivity contribution < 1.29 is 9.90 Å². The molecule has 5 N–H and O–H groups in total. The summed E-state index contributed by atoms with van der Waals surface area (Å²) in [5.74, 6) is 0.248. The highest BCUT2D eigenvalue weighted by Gasteiger charge is 2.09. The van der Waals surface area contributed by atoms with Crippen LogP contribution in [0, 0.1) is 0 Å². The van der Waals surface area contributed by atoms with Gasteiger partial charge in [0, 0.05) is 18.1 Å². The number of hydrogen-bond donors (Lipinski definition) is 3. The molecule has 0 saturated heterocycles. The smallest absolute Gasteiger partial charge is 0.321 e. The molecule has 0 aromatic carbocycles. The van der Waals surface area contributed by atoms with Crippen LogP contribution in [0.5, 0.6) is 0 Å². The molecule has 0 aliphatic rings. The molecule has 0 aliphatic heterocycles. The Morgan fingerprint density at radius 1 is 1.70 bits per heavy atom. The van der Waals surface area contributed by atoms with Crippen molar-refractivity contribution in [3.05, 3.63) is 0 Å². The van der Waals surface area contributed by atoms with Gasteiger partial charge in [-0.2, -0.15) is 11.8 Å². The van der Waals surface area contributed by atoms with Gasteiger partial charge in [0.25, 0.3) is 0 Å². The molecule has 0 radical (unpaired) electrons. The SMILES string of the molecule is NCCSC[C@@H](N)C(=O)O. The van der Waals surface area contributed by atoms with Gasteiger partial charge in [-0.3, -0.25) is 4.79 Å². The van der Waals surface area contributed by atoms with Gasteiger partial charge in [-0.1, -0.05) is 0 Å². The number of carboxylic acids is 1. The van der Waals surface area contributed by atoms with Gasteiger partial charge in [-0.25, -0.2) is 0 Å².